The highest BCUT2D eigenvalue weighted by atomic mass is 19.4. The Morgan fingerprint density at radius 2 is 1.71 bits per heavy atom. The van der Waals surface area contributed by atoms with E-state index in [0.717, 1.165) is 12.1 Å². The lowest BCUT2D eigenvalue weighted by atomic mass is 10.0. The van der Waals surface area contributed by atoms with Crippen LogP contribution < -0.4 is 9.64 Å². The molecule has 1 atom stereocenters. The van der Waals surface area contributed by atoms with Crippen LogP contribution in [0.1, 0.15) is 41.8 Å². The number of carboxylic acid groups (broad SMARTS) is 1. The van der Waals surface area contributed by atoms with Gasteiger partial charge in [0, 0.05) is 11.6 Å². The molecule has 0 spiro atoms. The molecule has 1 N–H and O–H groups in total. The Labute approximate surface area is 194 Å². The molecule has 3 rings (SSSR count). The number of halogens is 4. The minimum atomic E-state index is -4.62. The summed E-state index contributed by atoms with van der Waals surface area (Å²) in [7, 11) is 0. The van der Waals surface area contributed by atoms with Crippen molar-refractivity contribution in [3.05, 3.63) is 95.8 Å². The molecule has 0 bridgehead atoms. The third-order valence-electron chi connectivity index (χ3n) is 5.38. The second-order valence-corrected chi connectivity index (χ2v) is 7.63. The van der Waals surface area contributed by atoms with E-state index in [9.17, 15) is 18.0 Å². The average molecular weight is 473 g/mol. The second kappa shape index (κ2) is 9.99. The smallest absolute Gasteiger partial charge is 0.419 e. The van der Waals surface area contributed by atoms with Crippen molar-refractivity contribution < 1.29 is 32.2 Å². The van der Waals surface area contributed by atoms with Gasteiger partial charge in [-0.25, -0.2) is 9.18 Å². The highest BCUT2D eigenvalue weighted by molar-refractivity contribution is 5.88. The van der Waals surface area contributed by atoms with Crippen LogP contribution in [-0.4, -0.2) is 17.1 Å². The van der Waals surface area contributed by atoms with Crippen LogP contribution in [-0.2, 0) is 6.18 Å². The van der Waals surface area contributed by atoms with Crippen molar-refractivity contribution in [1.29, 1.82) is 0 Å². The van der Waals surface area contributed by atoms with Crippen molar-refractivity contribution >= 4 is 23.1 Å². The largest absolute Gasteiger partial charge is 0.478 e. The van der Waals surface area contributed by atoms with Gasteiger partial charge in [0.2, 0.25) is 0 Å². The van der Waals surface area contributed by atoms with Gasteiger partial charge < -0.3 is 14.7 Å². The highest BCUT2D eigenvalue weighted by Crippen LogP contribution is 2.40. The zero-order valence-corrected chi connectivity index (χ0v) is 18.6. The van der Waals surface area contributed by atoms with Gasteiger partial charge in [0.1, 0.15) is 17.3 Å². The molecular formula is C26H23F4NO3. The topological polar surface area (TPSA) is 49.8 Å². The molecule has 3 aromatic rings. The van der Waals surface area contributed by atoms with Crippen LogP contribution in [0.15, 0.2) is 73.3 Å². The Morgan fingerprint density at radius 1 is 1.06 bits per heavy atom. The molecule has 1 unspecified atom stereocenters. The van der Waals surface area contributed by atoms with Gasteiger partial charge in [0.25, 0.3) is 0 Å². The van der Waals surface area contributed by atoms with E-state index in [1.807, 2.05) is 13.8 Å². The number of alkyl halides is 3. The number of hydrogen-bond donors (Lipinski definition) is 1. The molecule has 0 aromatic heterocycles. The summed E-state index contributed by atoms with van der Waals surface area (Å²) in [5, 5.41) is 9.16. The number of hydrogen-bond acceptors (Lipinski definition) is 3. The molecule has 178 valence electrons. The van der Waals surface area contributed by atoms with Crippen LogP contribution in [0.25, 0.3) is 5.76 Å². The van der Waals surface area contributed by atoms with E-state index in [1.54, 1.807) is 29.2 Å². The number of rotatable bonds is 8. The van der Waals surface area contributed by atoms with Crippen LogP contribution in [0.2, 0.25) is 0 Å². The Hall–Kier alpha value is -3.81. The maximum Gasteiger partial charge on any atom is 0.419 e. The Bertz CT molecular complexity index is 1210. The quantitative estimate of drug-likeness (QED) is 0.271. The first-order valence-electron chi connectivity index (χ1n) is 10.5. The van der Waals surface area contributed by atoms with E-state index >= 15 is 4.39 Å². The molecule has 0 aliphatic heterocycles. The molecule has 0 aliphatic rings. The van der Waals surface area contributed by atoms with E-state index in [1.165, 1.54) is 30.3 Å². The van der Waals surface area contributed by atoms with E-state index in [0.29, 0.717) is 17.7 Å². The maximum atomic E-state index is 15.0. The van der Waals surface area contributed by atoms with E-state index in [4.69, 9.17) is 9.84 Å². The van der Waals surface area contributed by atoms with Crippen LogP contribution in [0.5, 0.6) is 5.75 Å². The third kappa shape index (κ3) is 5.22. The summed E-state index contributed by atoms with van der Waals surface area (Å²) in [5.41, 5.74) is -0.206. The van der Waals surface area contributed by atoms with E-state index in [-0.39, 0.29) is 23.1 Å². The minimum Gasteiger partial charge on any atom is -0.478 e. The molecule has 0 amide bonds. The van der Waals surface area contributed by atoms with Crippen LogP contribution >= 0.6 is 0 Å². The molecule has 0 fully saturated rings. The number of para-hydroxylation sites is 2. The number of benzene rings is 3. The number of aromatic carboxylic acids is 1. The van der Waals surface area contributed by atoms with Crippen molar-refractivity contribution in [2.45, 2.75) is 32.5 Å². The fraction of sp³-hybridized carbons (Fsp3) is 0.192. The molecule has 0 heterocycles. The maximum absolute atomic E-state index is 15.0. The van der Waals surface area contributed by atoms with Crippen LogP contribution in [0, 0.1) is 5.82 Å². The van der Waals surface area contributed by atoms with E-state index in [2.05, 4.69) is 6.58 Å². The van der Waals surface area contributed by atoms with Gasteiger partial charge in [-0.1, -0.05) is 37.8 Å². The molecule has 0 radical (unpaired) electrons. The standard InChI is InChI=1S/C26H23F4NO3/c1-4-16(2)31(23-14-13-18(25(32)33)15-21(23)27)22-11-7-5-9-19(22)17(3)34-24-12-8-6-10-20(24)26(28,29)30/h5-16H,3-4H2,1-2H3,(H,32,33). The van der Waals surface area contributed by atoms with Gasteiger partial charge in [-0.2, -0.15) is 13.2 Å². The zero-order chi connectivity index (χ0) is 25.0. The summed E-state index contributed by atoms with van der Waals surface area (Å²) in [6, 6.07) is 14.8. The Kier molecular flexibility index (Phi) is 7.29. The lowest BCUT2D eigenvalue weighted by Gasteiger charge is -2.33. The molecular weight excluding hydrogens is 450 g/mol. The van der Waals surface area contributed by atoms with Crippen LogP contribution in [0.4, 0.5) is 28.9 Å². The minimum absolute atomic E-state index is 0.0526. The summed E-state index contributed by atoms with van der Waals surface area (Å²) in [5.74, 6) is -2.46. The monoisotopic (exact) mass is 473 g/mol. The molecule has 0 aliphatic carbocycles. The summed E-state index contributed by atoms with van der Waals surface area (Å²) < 4.78 is 60.8. The number of carbonyl (C=O) groups is 1. The van der Waals surface area contributed by atoms with E-state index < -0.39 is 29.3 Å². The van der Waals surface area contributed by atoms with Gasteiger partial charge in [0.05, 0.1) is 22.5 Å². The van der Waals surface area contributed by atoms with Gasteiger partial charge in [-0.15, -0.1) is 0 Å². The number of ether oxygens (including phenoxy) is 1. The fourth-order valence-corrected chi connectivity index (χ4v) is 3.52. The van der Waals surface area contributed by atoms with Crippen LogP contribution in [0.3, 0.4) is 0 Å². The summed E-state index contributed by atoms with van der Waals surface area (Å²) in [6.07, 6.45) is -4.02. The van der Waals surface area contributed by atoms with Gasteiger partial charge in [-0.3, -0.25) is 0 Å². The molecule has 8 heteroatoms. The summed E-state index contributed by atoms with van der Waals surface area (Å²) in [6.45, 7) is 7.59. The van der Waals surface area contributed by atoms with Gasteiger partial charge in [-0.05, 0) is 55.8 Å². The molecule has 0 saturated heterocycles. The fourth-order valence-electron chi connectivity index (χ4n) is 3.52. The second-order valence-electron chi connectivity index (χ2n) is 7.63. The first-order valence-corrected chi connectivity index (χ1v) is 10.5. The SMILES string of the molecule is C=C(Oc1ccccc1C(F)(F)F)c1ccccc1N(c1ccc(C(=O)O)cc1F)C(C)CC. The molecule has 3 aromatic carbocycles. The van der Waals surface area contributed by atoms with Crippen molar-refractivity contribution in [1.82, 2.24) is 0 Å². The number of carboxylic acids is 1. The summed E-state index contributed by atoms with van der Waals surface area (Å²) >= 11 is 0. The predicted molar refractivity (Wildman–Crippen MR) is 123 cm³/mol. The highest BCUT2D eigenvalue weighted by Gasteiger charge is 2.34. The van der Waals surface area contributed by atoms with Crippen molar-refractivity contribution in [2.75, 3.05) is 4.90 Å². The lowest BCUT2D eigenvalue weighted by molar-refractivity contribution is -0.138. The number of nitrogens with zero attached hydrogens (tertiary/aromatic N) is 1. The first kappa shape index (κ1) is 24.8. The lowest BCUT2D eigenvalue weighted by Crippen LogP contribution is -2.29. The predicted octanol–water partition coefficient (Wildman–Crippen LogP) is 7.53. The normalized spacial score (nSPS) is 12.2. The Morgan fingerprint density at radius 3 is 2.32 bits per heavy atom. The summed E-state index contributed by atoms with van der Waals surface area (Å²) in [4.78, 5) is 12.9. The molecule has 0 saturated carbocycles. The van der Waals surface area contributed by atoms with Crippen molar-refractivity contribution in [3.8, 4) is 5.75 Å². The average Bonchev–Trinajstić information content (AvgIpc) is 2.79. The third-order valence-corrected chi connectivity index (χ3v) is 5.38. The number of anilines is 2. The van der Waals surface area contributed by atoms with Gasteiger partial charge >= 0.3 is 12.1 Å². The van der Waals surface area contributed by atoms with Crippen molar-refractivity contribution in [3.63, 3.8) is 0 Å². The van der Waals surface area contributed by atoms with Crippen molar-refractivity contribution in [2.24, 2.45) is 0 Å². The Balaban J connectivity index is 2.08. The van der Waals surface area contributed by atoms with Gasteiger partial charge in [0.15, 0.2) is 0 Å². The molecule has 4 nitrogen and oxygen atoms in total. The molecule has 34 heavy (non-hydrogen) atoms. The zero-order valence-electron chi connectivity index (χ0n) is 18.6. The first-order chi connectivity index (χ1) is 16.0.